The van der Waals surface area contributed by atoms with Crippen molar-refractivity contribution in [3.05, 3.63) is 29.3 Å². The summed E-state index contributed by atoms with van der Waals surface area (Å²) in [7, 11) is 0. The lowest BCUT2D eigenvalue weighted by molar-refractivity contribution is -0.307. The molecule has 3 fully saturated rings. The Morgan fingerprint density at radius 3 is 2.06 bits per heavy atom. The minimum Gasteiger partial charge on any atom is -0.483 e. The fraction of sp³-hybridized carbons (Fsp3) is 0.696. The van der Waals surface area contributed by atoms with Gasteiger partial charge in [0, 0.05) is 38.4 Å². The van der Waals surface area contributed by atoms with Crippen molar-refractivity contribution in [3.8, 4) is 0 Å². The quantitative estimate of drug-likeness (QED) is 0.489. The second kappa shape index (κ2) is 10.9. The molecule has 12 heteroatoms. The van der Waals surface area contributed by atoms with Crippen LogP contribution in [-0.4, -0.2) is 92.3 Å². The fourth-order valence-corrected chi connectivity index (χ4v) is 5.22. The van der Waals surface area contributed by atoms with Gasteiger partial charge in [0.1, 0.15) is 0 Å². The van der Waals surface area contributed by atoms with E-state index in [1.807, 2.05) is 0 Å². The molecule has 6 nitrogen and oxygen atoms in total. The molecule has 0 saturated carbocycles. The van der Waals surface area contributed by atoms with Crippen LogP contribution in [0, 0.1) is 12.3 Å². The van der Waals surface area contributed by atoms with E-state index < -0.39 is 23.8 Å². The van der Waals surface area contributed by atoms with Crippen molar-refractivity contribution in [2.24, 2.45) is 5.41 Å². The molecule has 1 spiro atoms. The van der Waals surface area contributed by atoms with Crippen LogP contribution in [-0.2, 0) is 16.1 Å². The third kappa shape index (κ3) is 6.79. The predicted molar refractivity (Wildman–Crippen MR) is 117 cm³/mol. The van der Waals surface area contributed by atoms with E-state index in [9.17, 15) is 26.3 Å². The number of halogens is 6. The molecule has 1 aromatic carbocycles. The Labute approximate surface area is 200 Å². The molecule has 0 aliphatic carbocycles. The lowest BCUT2D eigenvalue weighted by Crippen LogP contribution is -2.68. The van der Waals surface area contributed by atoms with Crippen molar-refractivity contribution in [1.82, 2.24) is 9.80 Å². The van der Waals surface area contributed by atoms with E-state index in [4.69, 9.17) is 14.6 Å². The normalized spacial score (nSPS) is 21.4. The Kier molecular flexibility index (Phi) is 8.59. The molecule has 35 heavy (non-hydrogen) atoms. The van der Waals surface area contributed by atoms with E-state index >= 15 is 0 Å². The second-order valence-corrected chi connectivity index (χ2v) is 9.48. The van der Waals surface area contributed by atoms with Gasteiger partial charge in [-0.2, -0.15) is 26.3 Å². The number of rotatable bonds is 4. The molecular weight excluding hydrogens is 480 g/mol. The van der Waals surface area contributed by atoms with Gasteiger partial charge in [-0.05, 0) is 61.5 Å². The molecular formula is C23H31F6N3O3. The van der Waals surface area contributed by atoms with Crippen LogP contribution in [0.5, 0.6) is 0 Å². The van der Waals surface area contributed by atoms with Gasteiger partial charge in [0.25, 0.3) is 6.47 Å². The summed E-state index contributed by atoms with van der Waals surface area (Å²) in [4.78, 5) is 13.4. The molecule has 4 rings (SSSR count). The van der Waals surface area contributed by atoms with Crippen molar-refractivity contribution >= 4 is 12.2 Å². The van der Waals surface area contributed by atoms with Crippen molar-refractivity contribution in [2.45, 2.75) is 44.7 Å². The molecule has 1 aromatic rings. The summed E-state index contributed by atoms with van der Waals surface area (Å²) in [5.74, 6) is 0. The summed E-state index contributed by atoms with van der Waals surface area (Å²) in [6.45, 7) is 6.83. The highest BCUT2D eigenvalue weighted by Gasteiger charge is 2.64. The number of carbonyl (C=O) groups is 1. The Hall–Kier alpha value is -2.05. The third-order valence-electron chi connectivity index (χ3n) is 7.08. The number of benzene rings is 1. The molecule has 3 aliphatic heterocycles. The minimum atomic E-state index is -5.30. The molecule has 0 aromatic heterocycles. The minimum absolute atomic E-state index is 0.141. The standard InChI is InChI=1S/C22H29F6N3O.CH2O2/c1-16-12-18(30-8-10-32-11-9-30)3-2-17(16)13-29-6-4-20(5-7-29)14-31(15-20)19(21(23,24)25)22(26,27)28;2-1-3/h2-3,12,19H,4-11,13-15H2,1H3;1H,(H,2,3). The van der Waals surface area contributed by atoms with E-state index in [1.54, 1.807) is 0 Å². The summed E-state index contributed by atoms with van der Waals surface area (Å²) in [6.07, 6.45) is -9.36. The molecule has 3 saturated heterocycles. The number of carboxylic acid groups (broad SMARTS) is 1. The molecule has 0 radical (unpaired) electrons. The number of hydrogen-bond acceptors (Lipinski definition) is 5. The van der Waals surface area contributed by atoms with Crippen molar-refractivity contribution in [2.75, 3.05) is 57.4 Å². The van der Waals surface area contributed by atoms with E-state index in [2.05, 4.69) is 34.9 Å². The zero-order chi connectivity index (χ0) is 25.9. The molecule has 0 unspecified atom stereocenters. The zero-order valence-electron chi connectivity index (χ0n) is 19.5. The van der Waals surface area contributed by atoms with E-state index in [0.717, 1.165) is 32.8 Å². The summed E-state index contributed by atoms with van der Waals surface area (Å²) in [5, 5.41) is 6.89. The first kappa shape index (κ1) is 27.5. The summed E-state index contributed by atoms with van der Waals surface area (Å²) >= 11 is 0. The SMILES string of the molecule is Cc1cc(N2CCOCC2)ccc1CN1CCC2(CC1)CN(C(C(F)(F)F)C(F)(F)F)C2.O=CO. The first-order chi connectivity index (χ1) is 16.4. The van der Waals surface area contributed by atoms with Gasteiger partial charge in [-0.25, -0.2) is 0 Å². The van der Waals surface area contributed by atoms with Gasteiger partial charge < -0.3 is 14.7 Å². The number of piperidine rings is 1. The lowest BCUT2D eigenvalue weighted by Gasteiger charge is -2.56. The van der Waals surface area contributed by atoms with Crippen LogP contribution in [0.3, 0.4) is 0 Å². The molecule has 198 valence electrons. The van der Waals surface area contributed by atoms with Gasteiger partial charge in [-0.3, -0.25) is 14.6 Å². The monoisotopic (exact) mass is 511 g/mol. The third-order valence-corrected chi connectivity index (χ3v) is 7.08. The first-order valence-corrected chi connectivity index (χ1v) is 11.5. The number of hydrogen-bond donors (Lipinski definition) is 1. The van der Waals surface area contributed by atoms with Gasteiger partial charge in [0.15, 0.2) is 0 Å². The molecule has 0 atom stereocenters. The number of anilines is 1. The van der Waals surface area contributed by atoms with Gasteiger partial charge in [0.05, 0.1) is 13.2 Å². The van der Waals surface area contributed by atoms with Crippen molar-refractivity contribution in [1.29, 1.82) is 0 Å². The topological polar surface area (TPSA) is 56.2 Å². The molecule has 3 heterocycles. The van der Waals surface area contributed by atoms with Crippen LogP contribution in [0.1, 0.15) is 24.0 Å². The maximum absolute atomic E-state index is 13.0. The summed E-state index contributed by atoms with van der Waals surface area (Å²) in [6, 6.07) is 3.04. The number of likely N-dealkylation sites (tertiary alicyclic amines) is 2. The Bertz CT molecular complexity index is 828. The second-order valence-electron chi connectivity index (χ2n) is 9.48. The summed E-state index contributed by atoms with van der Waals surface area (Å²) < 4.78 is 83.1. The molecule has 0 bridgehead atoms. The van der Waals surface area contributed by atoms with E-state index in [-0.39, 0.29) is 19.6 Å². The van der Waals surface area contributed by atoms with Crippen molar-refractivity contribution < 1.29 is 41.0 Å². The van der Waals surface area contributed by atoms with Crippen molar-refractivity contribution in [3.63, 3.8) is 0 Å². The molecule has 1 N–H and O–H groups in total. The highest BCUT2D eigenvalue weighted by molar-refractivity contribution is 5.51. The predicted octanol–water partition coefficient (Wildman–Crippen LogP) is 3.92. The first-order valence-electron chi connectivity index (χ1n) is 11.5. The molecule has 0 amide bonds. The highest BCUT2D eigenvalue weighted by Crippen LogP contribution is 2.47. The maximum atomic E-state index is 13.0. The van der Waals surface area contributed by atoms with Crippen LogP contribution in [0.2, 0.25) is 0 Å². The largest absolute Gasteiger partial charge is 0.483 e. The van der Waals surface area contributed by atoms with Crippen LogP contribution in [0.4, 0.5) is 32.0 Å². The van der Waals surface area contributed by atoms with Gasteiger partial charge in [-0.1, -0.05) is 6.07 Å². The fourth-order valence-electron chi connectivity index (χ4n) is 5.22. The average Bonchev–Trinajstić information content (AvgIpc) is 2.74. The van der Waals surface area contributed by atoms with E-state index in [0.29, 0.717) is 30.8 Å². The van der Waals surface area contributed by atoms with Gasteiger partial charge in [-0.15, -0.1) is 0 Å². The Balaban J connectivity index is 0.00000108. The lowest BCUT2D eigenvalue weighted by atomic mass is 9.71. The number of ether oxygens (including phenoxy) is 1. The maximum Gasteiger partial charge on any atom is 0.412 e. The number of nitrogens with zero attached hydrogens (tertiary/aromatic N) is 3. The van der Waals surface area contributed by atoms with Crippen LogP contribution in [0.15, 0.2) is 18.2 Å². The Morgan fingerprint density at radius 1 is 1.03 bits per heavy atom. The smallest absolute Gasteiger partial charge is 0.412 e. The Morgan fingerprint density at radius 2 is 1.57 bits per heavy atom. The number of morpholine rings is 1. The van der Waals surface area contributed by atoms with Gasteiger partial charge in [0.2, 0.25) is 6.04 Å². The highest BCUT2D eigenvalue weighted by atomic mass is 19.4. The number of alkyl halides is 6. The number of aryl methyl sites for hydroxylation is 1. The molecule has 3 aliphatic rings. The zero-order valence-corrected chi connectivity index (χ0v) is 19.5. The van der Waals surface area contributed by atoms with E-state index in [1.165, 1.54) is 16.8 Å². The van der Waals surface area contributed by atoms with Crippen LogP contribution in [0.25, 0.3) is 0 Å². The summed E-state index contributed by atoms with van der Waals surface area (Å²) in [5.41, 5.74) is 3.12. The van der Waals surface area contributed by atoms with Crippen LogP contribution < -0.4 is 4.90 Å². The van der Waals surface area contributed by atoms with Crippen LogP contribution >= 0.6 is 0 Å². The van der Waals surface area contributed by atoms with Gasteiger partial charge >= 0.3 is 12.4 Å². The average molecular weight is 512 g/mol.